The van der Waals surface area contributed by atoms with Gasteiger partial charge in [-0.3, -0.25) is 14.9 Å². The molecular formula is C16H18N4O6S. The van der Waals surface area contributed by atoms with E-state index in [1.165, 1.54) is 35.1 Å². The van der Waals surface area contributed by atoms with Crippen LogP contribution in [0.3, 0.4) is 0 Å². The Kier molecular flexibility index (Phi) is 7.17. The van der Waals surface area contributed by atoms with Gasteiger partial charge in [0.2, 0.25) is 0 Å². The number of hydrogen-bond donors (Lipinski definition) is 2. The van der Waals surface area contributed by atoms with E-state index in [-0.39, 0.29) is 36.2 Å². The number of ether oxygens (including phenoxy) is 2. The van der Waals surface area contributed by atoms with Crippen molar-refractivity contribution in [3.63, 3.8) is 0 Å². The SMILES string of the molecule is CCOC(=O)[C@H](CS)NC(=O)c1ccn(COc2ccccc2[N+](=O)[O-])n1. The Labute approximate surface area is 160 Å². The molecule has 1 heterocycles. The van der Waals surface area contributed by atoms with Crippen LogP contribution in [0.2, 0.25) is 0 Å². The lowest BCUT2D eigenvalue weighted by molar-refractivity contribution is -0.386. The molecule has 0 spiro atoms. The molecule has 0 aliphatic heterocycles. The fourth-order valence-electron chi connectivity index (χ4n) is 2.07. The molecule has 1 aromatic carbocycles. The van der Waals surface area contributed by atoms with Gasteiger partial charge in [0.05, 0.1) is 11.5 Å². The van der Waals surface area contributed by atoms with E-state index >= 15 is 0 Å². The minimum absolute atomic E-state index is 0.0530. The van der Waals surface area contributed by atoms with Crippen LogP contribution in [0.4, 0.5) is 5.69 Å². The predicted molar refractivity (Wildman–Crippen MR) is 97.7 cm³/mol. The van der Waals surface area contributed by atoms with E-state index in [0.29, 0.717) is 0 Å². The van der Waals surface area contributed by atoms with E-state index in [0.717, 1.165) is 0 Å². The van der Waals surface area contributed by atoms with Gasteiger partial charge in [-0.15, -0.1) is 0 Å². The van der Waals surface area contributed by atoms with Crippen LogP contribution in [-0.2, 0) is 16.3 Å². The maximum absolute atomic E-state index is 12.2. The van der Waals surface area contributed by atoms with E-state index in [1.807, 2.05) is 0 Å². The lowest BCUT2D eigenvalue weighted by atomic mass is 10.3. The number of esters is 1. The number of benzene rings is 1. The summed E-state index contributed by atoms with van der Waals surface area (Å²) in [7, 11) is 0. The van der Waals surface area contributed by atoms with Crippen LogP contribution in [0, 0.1) is 10.1 Å². The zero-order valence-electron chi connectivity index (χ0n) is 14.4. The normalized spacial score (nSPS) is 11.5. The van der Waals surface area contributed by atoms with Gasteiger partial charge in [-0.05, 0) is 19.1 Å². The Balaban J connectivity index is 1.99. The molecule has 2 rings (SSSR count). The summed E-state index contributed by atoms with van der Waals surface area (Å²) >= 11 is 4.02. The first-order valence-corrected chi connectivity index (χ1v) is 8.57. The second-order valence-electron chi connectivity index (χ2n) is 5.20. The van der Waals surface area contributed by atoms with E-state index in [1.54, 1.807) is 13.0 Å². The van der Waals surface area contributed by atoms with Crippen molar-refractivity contribution in [2.24, 2.45) is 0 Å². The van der Waals surface area contributed by atoms with Gasteiger partial charge in [-0.2, -0.15) is 17.7 Å². The molecule has 0 bridgehead atoms. The Morgan fingerprint density at radius 3 is 2.78 bits per heavy atom. The lowest BCUT2D eigenvalue weighted by Gasteiger charge is -2.14. The number of para-hydroxylation sites is 2. The molecule has 27 heavy (non-hydrogen) atoms. The van der Waals surface area contributed by atoms with Crippen LogP contribution in [0.5, 0.6) is 5.75 Å². The molecule has 1 aromatic heterocycles. The first-order chi connectivity index (χ1) is 13.0. The molecule has 0 saturated carbocycles. The van der Waals surface area contributed by atoms with Crippen molar-refractivity contribution in [3.05, 3.63) is 52.3 Å². The number of aromatic nitrogens is 2. The fourth-order valence-corrected chi connectivity index (χ4v) is 2.31. The molecule has 1 amide bonds. The number of thiol groups is 1. The van der Waals surface area contributed by atoms with Crippen molar-refractivity contribution >= 4 is 30.2 Å². The van der Waals surface area contributed by atoms with Gasteiger partial charge in [-0.1, -0.05) is 12.1 Å². The minimum atomic E-state index is -0.894. The molecule has 1 atom stereocenters. The standard InChI is InChI=1S/C16H18N4O6S/c1-2-25-16(22)12(9-27)17-15(21)11-7-8-19(18-11)10-26-14-6-4-3-5-13(14)20(23)24/h3-8,12,27H,2,9-10H2,1H3,(H,17,21)/t12-/m0/s1. The van der Waals surface area contributed by atoms with E-state index in [2.05, 4.69) is 23.0 Å². The van der Waals surface area contributed by atoms with Crippen molar-refractivity contribution < 1.29 is 24.0 Å². The number of rotatable bonds is 9. The van der Waals surface area contributed by atoms with Crippen molar-refractivity contribution in [3.8, 4) is 5.75 Å². The first-order valence-electron chi connectivity index (χ1n) is 7.94. The Morgan fingerprint density at radius 1 is 1.37 bits per heavy atom. The second-order valence-corrected chi connectivity index (χ2v) is 5.56. The third-order valence-corrected chi connectivity index (χ3v) is 3.71. The molecular weight excluding hydrogens is 376 g/mol. The highest BCUT2D eigenvalue weighted by molar-refractivity contribution is 7.80. The van der Waals surface area contributed by atoms with Crippen LogP contribution in [0.15, 0.2) is 36.5 Å². The largest absolute Gasteiger partial charge is 0.464 e. The molecule has 0 radical (unpaired) electrons. The maximum Gasteiger partial charge on any atom is 0.329 e. The van der Waals surface area contributed by atoms with Crippen LogP contribution in [-0.4, -0.2) is 45.0 Å². The van der Waals surface area contributed by atoms with Gasteiger partial charge in [0, 0.05) is 18.0 Å². The number of nitrogens with zero attached hydrogens (tertiary/aromatic N) is 3. The lowest BCUT2D eigenvalue weighted by Crippen LogP contribution is -2.43. The van der Waals surface area contributed by atoms with Gasteiger partial charge >= 0.3 is 11.7 Å². The van der Waals surface area contributed by atoms with Crippen LogP contribution >= 0.6 is 12.6 Å². The molecule has 0 fully saturated rings. The highest BCUT2D eigenvalue weighted by atomic mass is 32.1. The average molecular weight is 394 g/mol. The number of nitrogens with one attached hydrogen (secondary N) is 1. The summed E-state index contributed by atoms with van der Waals surface area (Å²) < 4.78 is 11.5. The van der Waals surface area contributed by atoms with Gasteiger partial charge in [0.15, 0.2) is 12.5 Å². The van der Waals surface area contributed by atoms with Gasteiger partial charge < -0.3 is 14.8 Å². The van der Waals surface area contributed by atoms with Crippen molar-refractivity contribution in [1.29, 1.82) is 0 Å². The summed E-state index contributed by atoms with van der Waals surface area (Å²) in [5, 5.41) is 17.5. The highest BCUT2D eigenvalue weighted by Gasteiger charge is 2.22. The van der Waals surface area contributed by atoms with Gasteiger partial charge in [-0.25, -0.2) is 9.48 Å². The maximum atomic E-state index is 12.2. The molecule has 2 aromatic rings. The van der Waals surface area contributed by atoms with E-state index in [9.17, 15) is 19.7 Å². The van der Waals surface area contributed by atoms with Crippen molar-refractivity contribution in [1.82, 2.24) is 15.1 Å². The predicted octanol–water partition coefficient (Wildman–Crippen LogP) is 1.42. The fraction of sp³-hybridized carbons (Fsp3) is 0.312. The van der Waals surface area contributed by atoms with Gasteiger partial charge in [0.25, 0.3) is 5.91 Å². The molecule has 0 saturated heterocycles. The van der Waals surface area contributed by atoms with E-state index in [4.69, 9.17) is 9.47 Å². The average Bonchev–Trinajstić information content (AvgIpc) is 3.13. The summed E-state index contributed by atoms with van der Waals surface area (Å²) in [4.78, 5) is 34.3. The van der Waals surface area contributed by atoms with Crippen LogP contribution in [0.25, 0.3) is 0 Å². The summed E-state index contributed by atoms with van der Waals surface area (Å²) in [5.41, 5.74) is -0.120. The molecule has 1 N–H and O–H groups in total. The van der Waals surface area contributed by atoms with Gasteiger partial charge in [0.1, 0.15) is 11.7 Å². The Hall–Kier alpha value is -3.08. The van der Waals surface area contributed by atoms with Crippen LogP contribution in [0.1, 0.15) is 17.4 Å². The number of carbonyl (C=O) groups excluding carboxylic acids is 2. The number of carbonyl (C=O) groups is 2. The Bertz CT molecular complexity index is 825. The zero-order chi connectivity index (χ0) is 19.8. The molecule has 144 valence electrons. The van der Waals surface area contributed by atoms with Crippen LogP contribution < -0.4 is 10.1 Å². The Morgan fingerprint density at radius 2 is 2.11 bits per heavy atom. The molecule has 11 heteroatoms. The monoisotopic (exact) mass is 394 g/mol. The third kappa shape index (κ3) is 5.45. The number of nitro benzene ring substituents is 1. The number of amides is 1. The summed E-state index contributed by atoms with van der Waals surface area (Å²) in [5.74, 6) is -1.00. The molecule has 10 nitrogen and oxygen atoms in total. The number of nitro groups is 1. The molecule has 0 aliphatic rings. The summed E-state index contributed by atoms with van der Waals surface area (Å²) in [6.45, 7) is 1.72. The second kappa shape index (κ2) is 9.57. The zero-order valence-corrected chi connectivity index (χ0v) is 15.3. The first kappa shape index (κ1) is 20.2. The summed E-state index contributed by atoms with van der Waals surface area (Å²) in [6.07, 6.45) is 1.48. The number of hydrogen-bond acceptors (Lipinski definition) is 8. The minimum Gasteiger partial charge on any atom is -0.464 e. The molecule has 0 unspecified atom stereocenters. The van der Waals surface area contributed by atoms with Crippen molar-refractivity contribution in [2.45, 2.75) is 19.7 Å². The quantitative estimate of drug-likeness (QED) is 0.285. The highest BCUT2D eigenvalue weighted by Crippen LogP contribution is 2.25. The summed E-state index contributed by atoms with van der Waals surface area (Å²) in [6, 6.07) is 6.46. The smallest absolute Gasteiger partial charge is 0.329 e. The van der Waals surface area contributed by atoms with Crippen molar-refractivity contribution in [2.75, 3.05) is 12.4 Å². The molecule has 0 aliphatic carbocycles. The third-order valence-electron chi connectivity index (χ3n) is 3.35. The topological polar surface area (TPSA) is 126 Å². The van der Waals surface area contributed by atoms with E-state index < -0.39 is 22.8 Å².